The SMILES string of the molecule is CC(=O)c1cc(C(F)F)cc(C2CC2C(F)(F)P)c1. The first-order valence-electron chi connectivity index (χ1n) is 5.81. The summed E-state index contributed by atoms with van der Waals surface area (Å²) in [5, 5.41) is 0. The van der Waals surface area contributed by atoms with Crippen molar-refractivity contribution < 1.29 is 22.4 Å². The molecular weight excluding hydrogens is 279 g/mol. The summed E-state index contributed by atoms with van der Waals surface area (Å²) in [6.45, 7) is 1.27. The third kappa shape index (κ3) is 3.14. The van der Waals surface area contributed by atoms with Gasteiger partial charge in [-0.15, -0.1) is 0 Å². The standard InChI is InChI=1S/C13H13F4OP/c1-6(18)7-2-8(4-9(3-7)12(14)15)10-5-11(10)13(16,17)19/h2-4,10-12H,5,19H2,1H3. The van der Waals surface area contributed by atoms with E-state index < -0.39 is 23.9 Å². The molecule has 0 bridgehead atoms. The summed E-state index contributed by atoms with van der Waals surface area (Å²) in [5.41, 5.74) is -2.65. The van der Waals surface area contributed by atoms with E-state index in [4.69, 9.17) is 0 Å². The molecule has 1 aromatic carbocycles. The van der Waals surface area contributed by atoms with Crippen LogP contribution in [0.5, 0.6) is 0 Å². The van der Waals surface area contributed by atoms with Crippen molar-refractivity contribution in [2.75, 3.05) is 0 Å². The molecule has 2 rings (SSSR count). The lowest BCUT2D eigenvalue weighted by Crippen LogP contribution is -2.09. The van der Waals surface area contributed by atoms with Crippen molar-refractivity contribution in [3.8, 4) is 0 Å². The Bertz CT molecular complexity index is 510. The van der Waals surface area contributed by atoms with Crippen molar-refractivity contribution in [3.05, 3.63) is 34.9 Å². The molecule has 3 unspecified atom stereocenters. The molecule has 6 heteroatoms. The zero-order valence-electron chi connectivity index (χ0n) is 10.2. The van der Waals surface area contributed by atoms with Crippen LogP contribution >= 0.6 is 9.24 Å². The molecule has 104 valence electrons. The average molecular weight is 292 g/mol. The lowest BCUT2D eigenvalue weighted by molar-refractivity contribution is 0.0770. The van der Waals surface area contributed by atoms with Gasteiger partial charge in [-0.2, -0.15) is 0 Å². The second-order valence-electron chi connectivity index (χ2n) is 4.87. The van der Waals surface area contributed by atoms with Gasteiger partial charge in [-0.1, -0.05) is 9.24 Å². The van der Waals surface area contributed by atoms with Crippen molar-refractivity contribution in [2.24, 2.45) is 5.92 Å². The van der Waals surface area contributed by atoms with Crippen LogP contribution in [0.4, 0.5) is 17.6 Å². The summed E-state index contributed by atoms with van der Waals surface area (Å²) in [5.74, 6) is -1.66. The van der Waals surface area contributed by atoms with E-state index in [-0.39, 0.29) is 23.3 Å². The highest BCUT2D eigenvalue weighted by Gasteiger charge is 2.52. The van der Waals surface area contributed by atoms with Crippen LogP contribution < -0.4 is 0 Å². The van der Waals surface area contributed by atoms with Gasteiger partial charge < -0.3 is 0 Å². The minimum Gasteiger partial charge on any atom is -0.295 e. The number of alkyl halides is 4. The maximum atomic E-state index is 13.1. The molecule has 1 nitrogen and oxygen atoms in total. The number of carbonyl (C=O) groups excluding carboxylic acids is 1. The number of halogens is 4. The van der Waals surface area contributed by atoms with Gasteiger partial charge in [-0.3, -0.25) is 4.79 Å². The fraction of sp³-hybridized carbons (Fsp3) is 0.462. The Hall–Kier alpha value is -0.960. The molecule has 0 aliphatic heterocycles. The van der Waals surface area contributed by atoms with Gasteiger partial charge in [0, 0.05) is 17.0 Å². The van der Waals surface area contributed by atoms with E-state index in [1.165, 1.54) is 28.3 Å². The Labute approximate surface area is 110 Å². The molecule has 19 heavy (non-hydrogen) atoms. The predicted molar refractivity (Wildman–Crippen MR) is 66.9 cm³/mol. The molecule has 3 atom stereocenters. The molecule has 1 fully saturated rings. The van der Waals surface area contributed by atoms with Gasteiger partial charge in [0.05, 0.1) is 0 Å². The van der Waals surface area contributed by atoms with E-state index in [0.717, 1.165) is 6.07 Å². The zero-order chi connectivity index (χ0) is 14.4. The van der Waals surface area contributed by atoms with E-state index in [1.54, 1.807) is 0 Å². The van der Waals surface area contributed by atoms with Gasteiger partial charge in [0.25, 0.3) is 12.1 Å². The Morgan fingerprint density at radius 2 is 2.00 bits per heavy atom. The minimum absolute atomic E-state index is 0.144. The van der Waals surface area contributed by atoms with Crippen LogP contribution in [-0.4, -0.2) is 11.4 Å². The Morgan fingerprint density at radius 3 is 2.42 bits per heavy atom. The van der Waals surface area contributed by atoms with Crippen LogP contribution in [0.1, 0.15) is 47.2 Å². The third-order valence-corrected chi connectivity index (χ3v) is 3.78. The number of benzene rings is 1. The second-order valence-corrected chi connectivity index (χ2v) is 5.64. The molecular formula is C13H13F4OP. The molecule has 0 N–H and O–H groups in total. The number of hydrogen-bond acceptors (Lipinski definition) is 1. The lowest BCUT2D eigenvalue weighted by Gasteiger charge is -2.11. The maximum absolute atomic E-state index is 13.1. The van der Waals surface area contributed by atoms with Gasteiger partial charge >= 0.3 is 0 Å². The first-order chi connectivity index (χ1) is 8.70. The summed E-state index contributed by atoms with van der Waals surface area (Å²) in [6.07, 6.45) is -2.47. The van der Waals surface area contributed by atoms with E-state index in [1.807, 2.05) is 0 Å². The van der Waals surface area contributed by atoms with Gasteiger partial charge in [-0.05, 0) is 43.0 Å². The Balaban J connectivity index is 2.34. The highest BCUT2D eigenvalue weighted by molar-refractivity contribution is 7.18. The maximum Gasteiger partial charge on any atom is 0.263 e. The van der Waals surface area contributed by atoms with Crippen molar-refractivity contribution in [3.63, 3.8) is 0 Å². The van der Waals surface area contributed by atoms with Crippen molar-refractivity contribution in [1.29, 1.82) is 0 Å². The molecule has 1 saturated carbocycles. The first-order valence-corrected chi connectivity index (χ1v) is 6.38. The smallest absolute Gasteiger partial charge is 0.263 e. The van der Waals surface area contributed by atoms with E-state index in [2.05, 4.69) is 0 Å². The van der Waals surface area contributed by atoms with Crippen LogP contribution in [0, 0.1) is 5.92 Å². The largest absolute Gasteiger partial charge is 0.295 e. The summed E-state index contributed by atoms with van der Waals surface area (Å²) >= 11 is 0. The quantitative estimate of drug-likeness (QED) is 0.457. The first kappa shape index (κ1) is 14.4. The van der Waals surface area contributed by atoms with Crippen molar-refractivity contribution >= 4 is 15.0 Å². The van der Waals surface area contributed by atoms with Gasteiger partial charge in [0.1, 0.15) is 0 Å². The van der Waals surface area contributed by atoms with Crippen molar-refractivity contribution in [1.82, 2.24) is 0 Å². The molecule has 1 aromatic rings. The molecule has 1 aliphatic rings. The van der Waals surface area contributed by atoms with Gasteiger partial charge in [0.2, 0.25) is 0 Å². The molecule has 0 saturated heterocycles. The number of hydrogen-bond donors (Lipinski definition) is 0. The minimum atomic E-state index is -2.90. The van der Waals surface area contributed by atoms with Gasteiger partial charge in [0.15, 0.2) is 5.78 Å². The van der Waals surface area contributed by atoms with E-state index >= 15 is 0 Å². The molecule has 0 aromatic heterocycles. The monoisotopic (exact) mass is 292 g/mol. The summed E-state index contributed by atoms with van der Waals surface area (Å²) in [4.78, 5) is 11.3. The topological polar surface area (TPSA) is 17.1 Å². The average Bonchev–Trinajstić information content (AvgIpc) is 3.07. The number of Topliss-reactive ketones (excluding diaryl/α,β-unsaturated/α-hetero) is 1. The fourth-order valence-electron chi connectivity index (χ4n) is 2.21. The molecule has 1 aliphatic carbocycles. The normalized spacial score (nSPS) is 22.7. The van der Waals surface area contributed by atoms with E-state index in [9.17, 15) is 22.4 Å². The molecule has 0 spiro atoms. The Kier molecular flexibility index (Phi) is 3.69. The van der Waals surface area contributed by atoms with Crippen molar-refractivity contribution in [2.45, 2.75) is 31.4 Å². The van der Waals surface area contributed by atoms with Crippen LogP contribution in [0.15, 0.2) is 18.2 Å². The van der Waals surface area contributed by atoms with Crippen LogP contribution in [-0.2, 0) is 0 Å². The lowest BCUT2D eigenvalue weighted by atomic mass is 10.00. The fourth-order valence-corrected chi connectivity index (χ4v) is 2.58. The number of rotatable bonds is 4. The van der Waals surface area contributed by atoms with Gasteiger partial charge in [-0.25, -0.2) is 17.6 Å². The molecule has 0 radical (unpaired) electrons. The zero-order valence-corrected chi connectivity index (χ0v) is 11.3. The highest BCUT2D eigenvalue weighted by Crippen LogP contribution is 2.58. The van der Waals surface area contributed by atoms with Crippen LogP contribution in [0.2, 0.25) is 0 Å². The van der Waals surface area contributed by atoms with Crippen LogP contribution in [0.25, 0.3) is 0 Å². The predicted octanol–water partition coefficient (Wildman–Crippen LogP) is 4.40. The molecule has 0 amide bonds. The van der Waals surface area contributed by atoms with E-state index in [0.29, 0.717) is 5.56 Å². The third-order valence-electron chi connectivity index (χ3n) is 3.35. The summed E-state index contributed by atoms with van der Waals surface area (Å²) in [6, 6.07) is 3.78. The second kappa shape index (κ2) is 4.86. The highest BCUT2D eigenvalue weighted by atomic mass is 31.0. The number of carbonyl (C=O) groups is 1. The Morgan fingerprint density at radius 1 is 1.37 bits per heavy atom. The molecule has 0 heterocycles. The van der Waals surface area contributed by atoms with Crippen LogP contribution in [0.3, 0.4) is 0 Å². The summed E-state index contributed by atoms with van der Waals surface area (Å²) in [7, 11) is 1.48. The summed E-state index contributed by atoms with van der Waals surface area (Å²) < 4.78 is 51.7. The number of ketones is 1.